The Balaban J connectivity index is 1.32. The molecule has 4 atom stereocenters. The normalized spacial score (nSPS) is 27.8. The summed E-state index contributed by atoms with van der Waals surface area (Å²) in [5.74, 6) is 0. The van der Waals surface area contributed by atoms with Crippen molar-refractivity contribution in [2.45, 2.75) is 50.7 Å². The molecule has 4 unspecified atom stereocenters. The summed E-state index contributed by atoms with van der Waals surface area (Å²) in [5.41, 5.74) is 3.92. The summed E-state index contributed by atoms with van der Waals surface area (Å²) in [6.45, 7) is 4.80. The zero-order chi connectivity index (χ0) is 22.3. The Kier molecular flexibility index (Phi) is 5.30. The molecular formula is C27H30N2O3. The van der Waals surface area contributed by atoms with Gasteiger partial charge in [-0.2, -0.15) is 0 Å². The maximum absolute atomic E-state index is 13.0. The van der Waals surface area contributed by atoms with E-state index in [4.69, 9.17) is 9.47 Å². The van der Waals surface area contributed by atoms with Gasteiger partial charge in [0.2, 0.25) is 0 Å². The van der Waals surface area contributed by atoms with Crippen LogP contribution in [-0.4, -0.2) is 41.8 Å². The van der Waals surface area contributed by atoms with E-state index < -0.39 is 5.60 Å². The molecule has 2 saturated heterocycles. The van der Waals surface area contributed by atoms with Crippen molar-refractivity contribution in [3.8, 4) is 0 Å². The fourth-order valence-electron chi connectivity index (χ4n) is 4.81. The van der Waals surface area contributed by atoms with E-state index in [2.05, 4.69) is 54.4 Å². The van der Waals surface area contributed by atoms with Crippen molar-refractivity contribution >= 4 is 11.7 Å². The maximum Gasteiger partial charge on any atom is 0.411 e. The maximum atomic E-state index is 13.0. The molecule has 0 spiro atoms. The van der Waals surface area contributed by atoms with Gasteiger partial charge in [0.1, 0.15) is 11.7 Å². The number of amides is 1. The van der Waals surface area contributed by atoms with Crippen LogP contribution in [-0.2, 0) is 15.1 Å². The lowest BCUT2D eigenvalue weighted by atomic mass is 9.90. The summed E-state index contributed by atoms with van der Waals surface area (Å²) in [6.07, 6.45) is 8.08. The first-order valence-corrected chi connectivity index (χ1v) is 11.4. The zero-order valence-corrected chi connectivity index (χ0v) is 18.9. The van der Waals surface area contributed by atoms with E-state index >= 15 is 0 Å². The highest BCUT2D eigenvalue weighted by Crippen LogP contribution is 2.38. The quantitative estimate of drug-likeness (QED) is 0.591. The van der Waals surface area contributed by atoms with Gasteiger partial charge >= 0.3 is 6.09 Å². The van der Waals surface area contributed by atoms with Crippen molar-refractivity contribution in [3.05, 3.63) is 89.6 Å². The Morgan fingerprint density at radius 3 is 2.56 bits per heavy atom. The number of cyclic esters (lactones) is 1. The molecule has 2 aromatic carbocycles. The largest absolute Gasteiger partial charge is 0.438 e. The van der Waals surface area contributed by atoms with Crippen molar-refractivity contribution in [2.75, 3.05) is 13.6 Å². The molecule has 5 heteroatoms. The van der Waals surface area contributed by atoms with Crippen LogP contribution >= 0.6 is 0 Å². The van der Waals surface area contributed by atoms with Gasteiger partial charge in [-0.1, -0.05) is 61.5 Å². The van der Waals surface area contributed by atoms with Crippen LogP contribution in [0.4, 0.5) is 4.79 Å². The summed E-state index contributed by atoms with van der Waals surface area (Å²) in [4.78, 5) is 17.0. The van der Waals surface area contributed by atoms with Crippen LogP contribution < -0.4 is 0 Å². The van der Waals surface area contributed by atoms with Crippen LogP contribution in [0.3, 0.4) is 0 Å². The predicted octanol–water partition coefficient (Wildman–Crippen LogP) is 5.46. The lowest BCUT2D eigenvalue weighted by Crippen LogP contribution is -2.47. The van der Waals surface area contributed by atoms with Gasteiger partial charge in [-0.3, -0.25) is 0 Å². The van der Waals surface area contributed by atoms with Gasteiger partial charge < -0.3 is 19.3 Å². The summed E-state index contributed by atoms with van der Waals surface area (Å²) in [5, 5.41) is 0. The third kappa shape index (κ3) is 3.82. The second kappa shape index (κ2) is 8.14. The third-order valence-electron chi connectivity index (χ3n) is 6.89. The number of hydrogen-bond donors (Lipinski definition) is 0. The van der Waals surface area contributed by atoms with E-state index in [0.29, 0.717) is 6.54 Å². The predicted molar refractivity (Wildman–Crippen MR) is 125 cm³/mol. The molecule has 2 aromatic rings. The first kappa shape index (κ1) is 20.8. The highest BCUT2D eigenvalue weighted by Gasteiger charge is 2.41. The van der Waals surface area contributed by atoms with Crippen LogP contribution in [0.5, 0.6) is 0 Å². The van der Waals surface area contributed by atoms with Gasteiger partial charge in [0.25, 0.3) is 0 Å². The Bertz CT molecular complexity index is 1050. The first-order valence-electron chi connectivity index (χ1n) is 11.4. The molecule has 3 aliphatic rings. The van der Waals surface area contributed by atoms with Crippen LogP contribution in [0.15, 0.2) is 72.9 Å². The molecule has 0 aromatic heterocycles. The van der Waals surface area contributed by atoms with E-state index in [1.807, 2.05) is 49.2 Å². The zero-order valence-electron chi connectivity index (χ0n) is 18.9. The second-order valence-electron chi connectivity index (χ2n) is 9.05. The summed E-state index contributed by atoms with van der Waals surface area (Å²) < 4.78 is 11.7. The van der Waals surface area contributed by atoms with Crippen molar-refractivity contribution in [2.24, 2.45) is 0 Å². The molecule has 0 bridgehead atoms. The number of ether oxygens (including phenoxy) is 2. The van der Waals surface area contributed by atoms with Gasteiger partial charge in [0, 0.05) is 26.2 Å². The number of rotatable bonds is 5. The number of benzene rings is 2. The number of epoxide rings is 1. The first-order chi connectivity index (χ1) is 15.5. The van der Waals surface area contributed by atoms with Gasteiger partial charge in [-0.05, 0) is 47.8 Å². The molecular weight excluding hydrogens is 400 g/mol. The average molecular weight is 431 g/mol. The number of carbonyl (C=O) groups excluding carboxylic acids is 1. The van der Waals surface area contributed by atoms with Crippen LogP contribution in [0, 0.1) is 0 Å². The minimum absolute atomic E-state index is 0.00203. The molecule has 0 aliphatic carbocycles. The average Bonchev–Trinajstić information content (AvgIpc) is 3.60. The van der Waals surface area contributed by atoms with Crippen molar-refractivity contribution in [3.63, 3.8) is 0 Å². The minimum Gasteiger partial charge on any atom is -0.438 e. The van der Waals surface area contributed by atoms with Gasteiger partial charge in [0.05, 0.1) is 6.04 Å². The van der Waals surface area contributed by atoms with Gasteiger partial charge in [-0.25, -0.2) is 4.79 Å². The number of likely N-dealkylation sites (N-methyl/N-ethyl adjacent to an activating group) is 1. The van der Waals surface area contributed by atoms with E-state index in [1.54, 1.807) is 0 Å². The Morgan fingerprint density at radius 2 is 1.88 bits per heavy atom. The number of carbonyl (C=O) groups is 1. The molecule has 1 amide bonds. The molecule has 0 N–H and O–H groups in total. The van der Waals surface area contributed by atoms with Crippen LogP contribution in [0.25, 0.3) is 5.57 Å². The fraction of sp³-hybridized carbons (Fsp3) is 0.370. The summed E-state index contributed by atoms with van der Waals surface area (Å²) in [7, 11) is 2.04. The van der Waals surface area contributed by atoms with Crippen molar-refractivity contribution in [1.82, 2.24) is 9.80 Å². The molecule has 3 heterocycles. The third-order valence-corrected chi connectivity index (χ3v) is 6.89. The van der Waals surface area contributed by atoms with E-state index in [9.17, 15) is 4.79 Å². The molecule has 0 radical (unpaired) electrons. The van der Waals surface area contributed by atoms with Crippen LogP contribution in [0.1, 0.15) is 49.4 Å². The summed E-state index contributed by atoms with van der Waals surface area (Å²) in [6, 6.07) is 18.6. The minimum atomic E-state index is -0.578. The Morgan fingerprint density at radius 1 is 1.12 bits per heavy atom. The molecule has 32 heavy (non-hydrogen) atoms. The van der Waals surface area contributed by atoms with Gasteiger partial charge in [-0.15, -0.1) is 0 Å². The molecule has 166 valence electrons. The molecule has 2 fully saturated rings. The molecule has 0 saturated carbocycles. The molecule has 3 aliphatic heterocycles. The SMILES string of the molecule is CCC(c1ccc(C2=CC3OC3N(C)C=C2)cc1)N1CCC(C)(c2ccccc2)OC1=O. The van der Waals surface area contributed by atoms with E-state index in [1.165, 1.54) is 0 Å². The number of hydrogen-bond acceptors (Lipinski definition) is 4. The van der Waals surface area contributed by atoms with Crippen molar-refractivity contribution < 1.29 is 14.3 Å². The fourth-order valence-corrected chi connectivity index (χ4v) is 4.81. The standard InChI is InChI=1S/C27H30N2O3/c1-4-23(29-17-15-27(2,32-26(29)30)22-8-6-5-7-9-22)20-12-10-19(11-13-20)21-14-16-28(3)25-24(18-21)31-25/h5-14,16,18,23-25H,4,15,17H2,1-3H3. The Hall–Kier alpha value is -3.05. The highest BCUT2D eigenvalue weighted by atomic mass is 16.6. The van der Waals surface area contributed by atoms with E-state index in [0.717, 1.165) is 35.1 Å². The van der Waals surface area contributed by atoms with Crippen molar-refractivity contribution in [1.29, 1.82) is 0 Å². The number of nitrogens with zero attached hydrogens (tertiary/aromatic N) is 2. The van der Waals surface area contributed by atoms with E-state index in [-0.39, 0.29) is 24.5 Å². The molecule has 5 nitrogen and oxygen atoms in total. The highest BCUT2D eigenvalue weighted by molar-refractivity contribution is 5.75. The summed E-state index contributed by atoms with van der Waals surface area (Å²) >= 11 is 0. The van der Waals surface area contributed by atoms with Gasteiger partial charge in [0.15, 0.2) is 6.23 Å². The lowest BCUT2D eigenvalue weighted by molar-refractivity contribution is -0.0511. The number of allylic oxidation sites excluding steroid dienone is 2. The smallest absolute Gasteiger partial charge is 0.411 e. The topological polar surface area (TPSA) is 45.3 Å². The molecule has 5 rings (SSSR count). The monoisotopic (exact) mass is 430 g/mol. The van der Waals surface area contributed by atoms with Crippen LogP contribution in [0.2, 0.25) is 0 Å². The lowest BCUT2D eigenvalue weighted by Gasteiger charge is -2.42. The second-order valence-corrected chi connectivity index (χ2v) is 9.05. The Labute approximate surface area is 189 Å². The number of fused-ring (bicyclic) bond motifs is 1.